The molecule has 0 N–H and O–H groups in total. The molecule has 0 saturated carbocycles. The second-order valence-corrected chi connectivity index (χ2v) is 14.8. The summed E-state index contributed by atoms with van der Waals surface area (Å²) in [6, 6.07) is 2.82. The van der Waals surface area contributed by atoms with E-state index in [1.807, 2.05) is 0 Å². The molecule has 1 aliphatic rings. The van der Waals surface area contributed by atoms with Crippen LogP contribution in [0.1, 0.15) is 41.5 Å². The molecule has 0 bridgehead atoms. The zero-order valence-electron chi connectivity index (χ0n) is 19.1. The van der Waals surface area contributed by atoms with Crippen LogP contribution in [0.5, 0.6) is 5.88 Å². The van der Waals surface area contributed by atoms with E-state index in [9.17, 15) is 14.9 Å². The summed E-state index contributed by atoms with van der Waals surface area (Å²) in [5, 5.41) is 11.3. The number of carbonyl (C=O) groups excluding carboxylic acids is 1. The maximum Gasteiger partial charge on any atom is 0.410 e. The van der Waals surface area contributed by atoms with Crippen molar-refractivity contribution in [3.63, 3.8) is 0 Å². The van der Waals surface area contributed by atoms with Gasteiger partial charge in [-0.1, -0.05) is 20.8 Å². The minimum absolute atomic E-state index is 0.0477. The average Bonchev–Trinajstić information content (AvgIpc) is 2.95. The number of rotatable bonds is 5. The Balaban J connectivity index is 2.29. The van der Waals surface area contributed by atoms with Gasteiger partial charge in [-0.15, -0.1) is 0 Å². The van der Waals surface area contributed by atoms with Gasteiger partial charge in [-0.2, -0.15) is 0 Å². The lowest BCUT2D eigenvalue weighted by Gasteiger charge is -2.39. The smallest absolute Gasteiger partial charge is 0.410 e. The van der Waals surface area contributed by atoms with E-state index in [1.54, 1.807) is 20.8 Å². The highest BCUT2D eigenvalue weighted by Gasteiger charge is 2.46. The Morgan fingerprint density at radius 1 is 1.20 bits per heavy atom. The molecule has 0 radical (unpaired) electrons. The summed E-state index contributed by atoms with van der Waals surface area (Å²) < 4.78 is 18.0. The monoisotopic (exact) mass is 439 g/mol. The Hall–Kier alpha value is -2.20. The molecule has 0 aromatic carbocycles. The maximum absolute atomic E-state index is 12.6. The number of likely N-dealkylation sites (tertiary alicyclic amines) is 1. The van der Waals surface area contributed by atoms with E-state index >= 15 is 0 Å². The van der Waals surface area contributed by atoms with E-state index in [-0.39, 0.29) is 29.7 Å². The van der Waals surface area contributed by atoms with E-state index in [1.165, 1.54) is 23.2 Å². The quantitative estimate of drug-likeness (QED) is 0.381. The summed E-state index contributed by atoms with van der Waals surface area (Å²) in [6.07, 6.45) is -0.0692. The van der Waals surface area contributed by atoms with Gasteiger partial charge in [0.1, 0.15) is 17.8 Å². The maximum atomic E-state index is 12.6. The molecule has 0 unspecified atom stereocenters. The van der Waals surface area contributed by atoms with Crippen LogP contribution in [0.15, 0.2) is 18.3 Å². The molecule has 30 heavy (non-hydrogen) atoms. The lowest BCUT2D eigenvalue weighted by molar-refractivity contribution is -0.386. The Kier molecular flexibility index (Phi) is 6.82. The van der Waals surface area contributed by atoms with Gasteiger partial charge >= 0.3 is 11.8 Å². The van der Waals surface area contributed by atoms with Crippen molar-refractivity contribution in [2.24, 2.45) is 0 Å². The van der Waals surface area contributed by atoms with Crippen LogP contribution >= 0.6 is 0 Å². The minimum Gasteiger partial charge on any atom is -0.465 e. The van der Waals surface area contributed by atoms with Crippen molar-refractivity contribution in [3.05, 3.63) is 28.4 Å². The molecule has 2 atom stereocenters. The molecule has 2 rings (SSSR count). The first-order chi connectivity index (χ1) is 13.6. The van der Waals surface area contributed by atoms with Crippen molar-refractivity contribution >= 4 is 20.1 Å². The summed E-state index contributed by atoms with van der Waals surface area (Å²) in [6.45, 7) is 16.5. The highest BCUT2D eigenvalue weighted by atomic mass is 28.4. The zero-order chi connectivity index (χ0) is 22.9. The zero-order valence-corrected chi connectivity index (χ0v) is 20.1. The summed E-state index contributed by atoms with van der Waals surface area (Å²) >= 11 is 0. The molecule has 1 saturated heterocycles. The second-order valence-electron chi connectivity index (χ2n) is 10.0. The normalized spacial score (nSPS) is 20.2. The van der Waals surface area contributed by atoms with Gasteiger partial charge in [-0.3, -0.25) is 10.1 Å². The van der Waals surface area contributed by atoms with Gasteiger partial charge in [0.2, 0.25) is 0 Å². The number of amides is 1. The molecule has 1 aromatic rings. The second kappa shape index (κ2) is 8.50. The van der Waals surface area contributed by atoms with Crippen molar-refractivity contribution in [2.75, 3.05) is 13.1 Å². The van der Waals surface area contributed by atoms with E-state index in [0.29, 0.717) is 0 Å². The van der Waals surface area contributed by atoms with Crippen LogP contribution in [0.3, 0.4) is 0 Å². The highest BCUT2D eigenvalue weighted by Crippen LogP contribution is 2.39. The van der Waals surface area contributed by atoms with Gasteiger partial charge in [0.15, 0.2) is 8.32 Å². The summed E-state index contributed by atoms with van der Waals surface area (Å²) in [4.78, 5) is 29.0. The van der Waals surface area contributed by atoms with Crippen LogP contribution in [0.25, 0.3) is 0 Å². The fourth-order valence-corrected chi connectivity index (χ4v) is 4.09. The Labute approximate surface area is 179 Å². The van der Waals surface area contributed by atoms with Crippen LogP contribution in [-0.2, 0) is 9.16 Å². The van der Waals surface area contributed by atoms with Crippen LogP contribution in [0.2, 0.25) is 18.1 Å². The van der Waals surface area contributed by atoms with Crippen molar-refractivity contribution in [1.82, 2.24) is 9.88 Å². The summed E-state index contributed by atoms with van der Waals surface area (Å²) in [7, 11) is -2.19. The standard InChI is InChI=1S/C20H33N3O6Si/c1-19(2,3)28-18(24)22-12-15(16(13-22)29-30(7,8)20(4,5)6)27-17-14(23(25)26)10-9-11-21-17/h9-11,15-16H,12-13H2,1-8H3/t15-,16-/m0/s1. The number of carbonyl (C=O) groups is 1. The van der Waals surface area contributed by atoms with E-state index < -0.39 is 37.1 Å². The number of nitrogens with zero attached hydrogens (tertiary/aromatic N) is 3. The van der Waals surface area contributed by atoms with Crippen molar-refractivity contribution in [3.8, 4) is 5.88 Å². The first-order valence-electron chi connectivity index (χ1n) is 10.0. The average molecular weight is 440 g/mol. The largest absolute Gasteiger partial charge is 0.465 e. The predicted molar refractivity (Wildman–Crippen MR) is 115 cm³/mol. The van der Waals surface area contributed by atoms with Gasteiger partial charge < -0.3 is 18.8 Å². The van der Waals surface area contributed by atoms with Gasteiger partial charge in [0.25, 0.3) is 5.88 Å². The molecule has 2 heterocycles. The van der Waals surface area contributed by atoms with Crippen LogP contribution in [-0.4, -0.2) is 60.1 Å². The van der Waals surface area contributed by atoms with Crippen LogP contribution < -0.4 is 4.74 Å². The number of pyridine rings is 1. The molecule has 1 aromatic heterocycles. The first kappa shape index (κ1) is 24.1. The van der Waals surface area contributed by atoms with Crippen molar-refractivity contribution in [2.45, 2.75) is 77.5 Å². The molecular weight excluding hydrogens is 406 g/mol. The lowest BCUT2D eigenvalue weighted by Crippen LogP contribution is -2.48. The molecule has 10 heteroatoms. The number of aromatic nitrogens is 1. The molecular formula is C20H33N3O6Si. The third-order valence-corrected chi connectivity index (χ3v) is 9.83. The number of nitro groups is 1. The first-order valence-corrected chi connectivity index (χ1v) is 12.9. The molecule has 1 amide bonds. The van der Waals surface area contributed by atoms with Crippen molar-refractivity contribution in [1.29, 1.82) is 0 Å². The number of hydrogen-bond acceptors (Lipinski definition) is 7. The Bertz CT molecular complexity index is 787. The van der Waals surface area contributed by atoms with Gasteiger partial charge in [0, 0.05) is 12.3 Å². The van der Waals surface area contributed by atoms with Gasteiger partial charge in [0.05, 0.1) is 18.0 Å². The third kappa shape index (κ3) is 5.91. The van der Waals surface area contributed by atoms with E-state index in [2.05, 4.69) is 38.8 Å². The summed E-state index contributed by atoms with van der Waals surface area (Å²) in [5.74, 6) is -0.0811. The topological polar surface area (TPSA) is 104 Å². The molecule has 0 spiro atoms. The molecule has 168 valence electrons. The van der Waals surface area contributed by atoms with Gasteiger partial charge in [-0.05, 0) is 45.0 Å². The third-order valence-electron chi connectivity index (χ3n) is 5.33. The van der Waals surface area contributed by atoms with Crippen LogP contribution in [0.4, 0.5) is 10.5 Å². The SMILES string of the molecule is CC(C)(C)OC(=O)N1C[C@H](Oc2ncccc2[N+](=O)[O-])[C@@H](O[Si](C)(C)C(C)(C)C)C1. The summed E-state index contributed by atoms with van der Waals surface area (Å²) in [5.41, 5.74) is -0.856. The van der Waals surface area contributed by atoms with E-state index in [0.717, 1.165) is 0 Å². The minimum atomic E-state index is -2.19. The fourth-order valence-electron chi connectivity index (χ4n) is 2.76. The molecule has 1 aliphatic heterocycles. The Morgan fingerprint density at radius 3 is 2.33 bits per heavy atom. The Morgan fingerprint density at radius 2 is 1.80 bits per heavy atom. The fraction of sp³-hybridized carbons (Fsp3) is 0.700. The highest BCUT2D eigenvalue weighted by molar-refractivity contribution is 6.74. The van der Waals surface area contributed by atoms with E-state index in [4.69, 9.17) is 13.9 Å². The molecule has 1 fully saturated rings. The molecule has 9 nitrogen and oxygen atoms in total. The number of hydrogen-bond donors (Lipinski definition) is 0. The van der Waals surface area contributed by atoms with Crippen LogP contribution in [0, 0.1) is 10.1 Å². The number of ether oxygens (including phenoxy) is 2. The van der Waals surface area contributed by atoms with Crippen molar-refractivity contribution < 1.29 is 23.6 Å². The van der Waals surface area contributed by atoms with Gasteiger partial charge in [-0.25, -0.2) is 9.78 Å². The lowest BCUT2D eigenvalue weighted by atomic mass is 10.2. The molecule has 0 aliphatic carbocycles. The predicted octanol–water partition coefficient (Wildman–Crippen LogP) is 4.38.